The Morgan fingerprint density at radius 2 is 1.39 bits per heavy atom. The van der Waals surface area contributed by atoms with Crippen LogP contribution in [-0.2, 0) is 9.59 Å². The van der Waals surface area contributed by atoms with Gasteiger partial charge >= 0.3 is 0 Å². The Morgan fingerprint density at radius 3 is 2.11 bits per heavy atom. The van der Waals surface area contributed by atoms with Gasteiger partial charge in [-0.15, -0.1) is 0 Å². The van der Waals surface area contributed by atoms with Gasteiger partial charge in [0.1, 0.15) is 10.6 Å². The molecule has 5 rings (SSSR count). The first-order valence-corrected chi connectivity index (χ1v) is 12.9. The second-order valence-electron chi connectivity index (χ2n) is 8.86. The van der Waals surface area contributed by atoms with Crippen LogP contribution in [0.2, 0.25) is 0 Å². The lowest BCUT2D eigenvalue weighted by atomic mass is 10.1. The number of aryl methyl sites for hydroxylation is 2. The zero-order valence-corrected chi connectivity index (χ0v) is 21.7. The highest BCUT2D eigenvalue weighted by atomic mass is 32.2. The number of thioether (sulfide) groups is 1. The molecule has 1 aliphatic rings. The molecule has 2 N–H and O–H groups in total. The van der Waals surface area contributed by atoms with E-state index in [0.29, 0.717) is 27.5 Å². The maximum atomic E-state index is 13.7. The second-order valence-corrected chi connectivity index (χ2v) is 9.94. The molecule has 0 aromatic heterocycles. The van der Waals surface area contributed by atoms with Crippen LogP contribution in [0.4, 0.5) is 17.1 Å². The van der Waals surface area contributed by atoms with Crippen LogP contribution >= 0.6 is 11.8 Å². The van der Waals surface area contributed by atoms with E-state index in [1.807, 2.05) is 68.4 Å². The van der Waals surface area contributed by atoms with Gasteiger partial charge in [0.25, 0.3) is 17.7 Å². The minimum absolute atomic E-state index is 0.211. The van der Waals surface area contributed by atoms with Crippen LogP contribution in [0.5, 0.6) is 0 Å². The van der Waals surface area contributed by atoms with Crippen molar-refractivity contribution in [1.29, 1.82) is 0 Å². The second kappa shape index (κ2) is 10.8. The van der Waals surface area contributed by atoms with E-state index < -0.39 is 11.8 Å². The first-order valence-electron chi connectivity index (χ1n) is 12.1. The summed E-state index contributed by atoms with van der Waals surface area (Å²) in [5.41, 5.74) is 4.63. The monoisotopic (exact) mass is 519 g/mol. The number of benzene rings is 4. The smallest absolute Gasteiger partial charge is 0.283 e. The van der Waals surface area contributed by atoms with E-state index in [4.69, 9.17) is 0 Å². The third kappa shape index (κ3) is 5.23. The average molecular weight is 520 g/mol. The maximum Gasteiger partial charge on any atom is 0.283 e. The number of hydrogen-bond donors (Lipinski definition) is 2. The van der Waals surface area contributed by atoms with Gasteiger partial charge in [-0.1, -0.05) is 60.3 Å². The van der Waals surface area contributed by atoms with Crippen molar-refractivity contribution in [1.82, 2.24) is 0 Å². The topological polar surface area (TPSA) is 78.5 Å². The van der Waals surface area contributed by atoms with Gasteiger partial charge in [-0.25, -0.2) is 4.90 Å². The van der Waals surface area contributed by atoms with Crippen molar-refractivity contribution in [3.63, 3.8) is 0 Å². The molecule has 3 amide bonds. The molecule has 0 radical (unpaired) electrons. The number of amides is 3. The number of rotatable bonds is 7. The molecular weight excluding hydrogens is 494 g/mol. The Bertz CT molecular complexity index is 1570. The highest BCUT2D eigenvalue weighted by Gasteiger charge is 2.40. The maximum absolute atomic E-state index is 13.7. The van der Waals surface area contributed by atoms with Gasteiger partial charge in [0.2, 0.25) is 0 Å². The first-order chi connectivity index (χ1) is 18.4. The van der Waals surface area contributed by atoms with Crippen LogP contribution in [0.15, 0.2) is 119 Å². The molecule has 6 nitrogen and oxygen atoms in total. The summed E-state index contributed by atoms with van der Waals surface area (Å²) in [6.07, 6.45) is 0. The molecule has 188 valence electrons. The van der Waals surface area contributed by atoms with E-state index in [9.17, 15) is 14.4 Å². The van der Waals surface area contributed by atoms with E-state index in [1.54, 1.807) is 48.5 Å². The summed E-state index contributed by atoms with van der Waals surface area (Å²) in [7, 11) is 0. The van der Waals surface area contributed by atoms with Crippen molar-refractivity contribution in [3.8, 4) is 0 Å². The summed E-state index contributed by atoms with van der Waals surface area (Å²) >= 11 is 1.19. The first kappa shape index (κ1) is 25.0. The van der Waals surface area contributed by atoms with Crippen molar-refractivity contribution in [2.24, 2.45) is 0 Å². The van der Waals surface area contributed by atoms with Gasteiger partial charge in [0, 0.05) is 21.8 Å². The van der Waals surface area contributed by atoms with Gasteiger partial charge in [0.05, 0.1) is 5.69 Å². The molecule has 38 heavy (non-hydrogen) atoms. The molecule has 0 saturated heterocycles. The molecule has 0 fully saturated rings. The van der Waals surface area contributed by atoms with Crippen molar-refractivity contribution in [2.75, 3.05) is 15.5 Å². The van der Waals surface area contributed by atoms with Crippen LogP contribution < -0.4 is 15.5 Å². The molecule has 0 unspecified atom stereocenters. The fraction of sp³-hybridized carbons (Fsp3) is 0.0645. The molecule has 0 aliphatic carbocycles. The van der Waals surface area contributed by atoms with Gasteiger partial charge in [-0.05, 0) is 79.6 Å². The highest BCUT2D eigenvalue weighted by Crippen LogP contribution is 2.39. The quantitative estimate of drug-likeness (QED) is 0.271. The summed E-state index contributed by atoms with van der Waals surface area (Å²) in [6, 6.07) is 31.0. The molecule has 1 aliphatic heterocycles. The third-order valence-corrected chi connectivity index (χ3v) is 7.25. The SMILES string of the molecule is Cc1ccc(N2C(=O)C(Nc3ccccc3)=C(Sc3cccc(NC(=O)c4ccccc4)c3)C2=O)cc1C. The number of nitrogens with one attached hydrogen (secondary N) is 2. The Kier molecular flexibility index (Phi) is 7.11. The van der Waals surface area contributed by atoms with Gasteiger partial charge in [-0.3, -0.25) is 14.4 Å². The summed E-state index contributed by atoms with van der Waals surface area (Å²) in [5, 5.41) is 6.06. The predicted octanol–water partition coefficient (Wildman–Crippen LogP) is 6.54. The van der Waals surface area contributed by atoms with Crippen LogP contribution in [0.3, 0.4) is 0 Å². The summed E-state index contributed by atoms with van der Waals surface area (Å²) in [6.45, 7) is 3.93. The number of para-hydroxylation sites is 1. The van der Waals surface area contributed by atoms with Gasteiger partial charge < -0.3 is 10.6 Å². The number of hydrogen-bond acceptors (Lipinski definition) is 5. The summed E-state index contributed by atoms with van der Waals surface area (Å²) in [4.78, 5) is 42.1. The van der Waals surface area contributed by atoms with Crippen LogP contribution in [0.1, 0.15) is 21.5 Å². The molecule has 0 bridgehead atoms. The Labute approximate surface area is 225 Å². The van der Waals surface area contributed by atoms with E-state index in [0.717, 1.165) is 11.1 Å². The van der Waals surface area contributed by atoms with Gasteiger partial charge in [-0.2, -0.15) is 0 Å². The molecule has 0 spiro atoms. The van der Waals surface area contributed by atoms with Crippen molar-refractivity contribution >= 4 is 46.5 Å². The van der Waals surface area contributed by atoms with E-state index >= 15 is 0 Å². The fourth-order valence-corrected chi connectivity index (χ4v) is 5.01. The molecule has 0 saturated carbocycles. The summed E-state index contributed by atoms with van der Waals surface area (Å²) in [5.74, 6) is -1.05. The zero-order valence-electron chi connectivity index (χ0n) is 20.9. The fourth-order valence-electron chi connectivity index (χ4n) is 4.03. The third-order valence-electron chi connectivity index (χ3n) is 6.18. The average Bonchev–Trinajstić information content (AvgIpc) is 3.15. The lowest BCUT2D eigenvalue weighted by Gasteiger charge is -2.16. The Morgan fingerprint density at radius 1 is 0.711 bits per heavy atom. The standard InChI is InChI=1S/C31H25N3O3S/c1-20-16-17-25(18-21(20)2)34-30(36)27(32-23-12-7-4-8-13-23)28(31(34)37)38-26-15-9-14-24(19-26)33-29(35)22-10-5-3-6-11-22/h3-19,32H,1-2H3,(H,33,35). The van der Waals surface area contributed by atoms with E-state index in [-0.39, 0.29) is 16.5 Å². The number of nitrogens with zero attached hydrogens (tertiary/aromatic N) is 1. The van der Waals surface area contributed by atoms with E-state index in [2.05, 4.69) is 10.6 Å². The van der Waals surface area contributed by atoms with Crippen LogP contribution in [-0.4, -0.2) is 17.7 Å². The normalized spacial score (nSPS) is 13.2. The molecule has 4 aromatic rings. The molecule has 0 atom stereocenters. The van der Waals surface area contributed by atoms with Crippen molar-refractivity contribution < 1.29 is 14.4 Å². The lowest BCUT2D eigenvalue weighted by molar-refractivity contribution is -0.120. The Hall–Kier alpha value is -4.62. The number of imide groups is 1. The van der Waals surface area contributed by atoms with Crippen molar-refractivity contribution in [3.05, 3.63) is 130 Å². The minimum Gasteiger partial charge on any atom is -0.350 e. The molecule has 4 aromatic carbocycles. The zero-order chi connectivity index (χ0) is 26.6. The van der Waals surface area contributed by atoms with Crippen LogP contribution in [0, 0.1) is 13.8 Å². The lowest BCUT2D eigenvalue weighted by Crippen LogP contribution is -2.32. The van der Waals surface area contributed by atoms with Crippen molar-refractivity contribution in [2.45, 2.75) is 18.7 Å². The number of anilines is 3. The highest BCUT2D eigenvalue weighted by molar-refractivity contribution is 8.04. The molecule has 1 heterocycles. The molecular formula is C31H25N3O3S. The molecule has 7 heteroatoms. The van der Waals surface area contributed by atoms with E-state index in [1.165, 1.54) is 16.7 Å². The summed E-state index contributed by atoms with van der Waals surface area (Å²) < 4.78 is 0. The Balaban J connectivity index is 1.46. The largest absolute Gasteiger partial charge is 0.350 e. The predicted molar refractivity (Wildman–Crippen MR) is 152 cm³/mol. The number of carbonyl (C=O) groups excluding carboxylic acids is 3. The van der Waals surface area contributed by atoms with Crippen LogP contribution in [0.25, 0.3) is 0 Å². The minimum atomic E-state index is -0.418. The number of carbonyl (C=O) groups is 3. The van der Waals surface area contributed by atoms with Gasteiger partial charge in [0.15, 0.2) is 0 Å².